The molecule has 0 saturated heterocycles. The Labute approximate surface area is 124 Å². The van der Waals surface area contributed by atoms with Crippen LogP contribution < -0.4 is 0 Å². The number of para-hydroxylation sites is 1. The Bertz CT molecular complexity index is 583. The van der Waals surface area contributed by atoms with Crippen molar-refractivity contribution < 1.29 is 0 Å². The van der Waals surface area contributed by atoms with E-state index in [9.17, 15) is 0 Å². The summed E-state index contributed by atoms with van der Waals surface area (Å²) in [6, 6.07) is 5.91. The molecule has 1 unspecified atom stereocenters. The van der Waals surface area contributed by atoms with Gasteiger partial charge in [0.05, 0.1) is 15.9 Å². The lowest BCUT2D eigenvalue weighted by atomic mass is 9.94. The van der Waals surface area contributed by atoms with E-state index in [0.29, 0.717) is 5.02 Å². The van der Waals surface area contributed by atoms with Gasteiger partial charge < -0.3 is 4.57 Å². The fourth-order valence-corrected chi connectivity index (χ4v) is 2.84. The van der Waals surface area contributed by atoms with Gasteiger partial charge in [0, 0.05) is 5.54 Å². The zero-order valence-electron chi connectivity index (χ0n) is 11.9. The molecular weight excluding hydrogens is 279 g/mol. The van der Waals surface area contributed by atoms with Crippen LogP contribution in [0.25, 0.3) is 11.0 Å². The second kappa shape index (κ2) is 5.34. The van der Waals surface area contributed by atoms with Crippen LogP contribution in [0.3, 0.4) is 0 Å². The maximum atomic E-state index is 6.33. The summed E-state index contributed by atoms with van der Waals surface area (Å²) in [6.45, 7) is 8.60. The molecule has 0 aliphatic carbocycles. The Kier molecular flexibility index (Phi) is 4.12. The van der Waals surface area contributed by atoms with Gasteiger partial charge in [-0.1, -0.05) is 31.5 Å². The predicted molar refractivity (Wildman–Crippen MR) is 83.2 cm³/mol. The molecule has 1 atom stereocenters. The molecule has 0 aliphatic heterocycles. The van der Waals surface area contributed by atoms with Gasteiger partial charge in [-0.05, 0) is 38.8 Å². The third kappa shape index (κ3) is 2.36. The highest BCUT2D eigenvalue weighted by Crippen LogP contribution is 2.36. The molecule has 104 valence electrons. The van der Waals surface area contributed by atoms with E-state index in [1.807, 2.05) is 19.1 Å². The highest BCUT2D eigenvalue weighted by atomic mass is 35.5. The number of fused-ring (bicyclic) bond motifs is 1. The first-order valence-corrected chi connectivity index (χ1v) is 7.57. The number of hydrogen-bond acceptors (Lipinski definition) is 1. The summed E-state index contributed by atoms with van der Waals surface area (Å²) >= 11 is 12.6. The quantitative estimate of drug-likeness (QED) is 0.679. The fraction of sp³-hybridized carbons (Fsp3) is 0.533. The highest BCUT2D eigenvalue weighted by Gasteiger charge is 2.29. The lowest BCUT2D eigenvalue weighted by Crippen LogP contribution is -2.30. The van der Waals surface area contributed by atoms with Crippen molar-refractivity contribution in [2.75, 3.05) is 0 Å². The number of imidazole rings is 1. The molecular formula is C15H20Cl2N2. The lowest BCUT2D eigenvalue weighted by Gasteiger charge is -2.32. The van der Waals surface area contributed by atoms with Gasteiger partial charge in [0.2, 0.25) is 0 Å². The van der Waals surface area contributed by atoms with Gasteiger partial charge in [-0.15, -0.1) is 11.6 Å². The number of rotatable bonds is 4. The van der Waals surface area contributed by atoms with Crippen molar-refractivity contribution in [3.8, 4) is 0 Å². The van der Waals surface area contributed by atoms with E-state index in [-0.39, 0.29) is 10.9 Å². The summed E-state index contributed by atoms with van der Waals surface area (Å²) in [5.74, 6) is 0.899. The van der Waals surface area contributed by atoms with Gasteiger partial charge >= 0.3 is 0 Å². The van der Waals surface area contributed by atoms with Crippen LogP contribution in [0.15, 0.2) is 18.2 Å². The van der Waals surface area contributed by atoms with Gasteiger partial charge in [-0.2, -0.15) is 0 Å². The predicted octanol–water partition coefficient (Wildman–Crippen LogP) is 5.52. The van der Waals surface area contributed by atoms with Gasteiger partial charge in [-0.25, -0.2) is 4.98 Å². The Balaban J connectivity index is 2.83. The molecule has 0 N–H and O–H groups in total. The highest BCUT2D eigenvalue weighted by molar-refractivity contribution is 6.35. The number of aromatic nitrogens is 2. The molecule has 0 radical (unpaired) electrons. The third-order valence-corrected chi connectivity index (χ3v) is 4.58. The monoisotopic (exact) mass is 298 g/mol. The summed E-state index contributed by atoms with van der Waals surface area (Å²) in [5.41, 5.74) is 1.93. The molecule has 0 fully saturated rings. The number of halogens is 2. The SMILES string of the molecule is CCC(C)(CC)n1c(C(C)Cl)nc2c(Cl)cccc21. The van der Waals surface area contributed by atoms with E-state index >= 15 is 0 Å². The molecule has 4 heteroatoms. The van der Waals surface area contributed by atoms with Crippen LogP contribution in [0.2, 0.25) is 5.02 Å². The van der Waals surface area contributed by atoms with E-state index in [4.69, 9.17) is 23.2 Å². The van der Waals surface area contributed by atoms with Crippen LogP contribution >= 0.6 is 23.2 Å². The summed E-state index contributed by atoms with van der Waals surface area (Å²) in [7, 11) is 0. The zero-order valence-corrected chi connectivity index (χ0v) is 13.4. The van der Waals surface area contributed by atoms with Gasteiger partial charge in [-0.3, -0.25) is 0 Å². The molecule has 1 heterocycles. The fourth-order valence-electron chi connectivity index (χ4n) is 2.48. The number of nitrogens with zero attached hydrogens (tertiary/aromatic N) is 2. The normalized spacial score (nSPS) is 14.0. The molecule has 0 amide bonds. The Morgan fingerprint density at radius 1 is 1.32 bits per heavy atom. The molecule has 0 bridgehead atoms. The van der Waals surface area contributed by atoms with Gasteiger partial charge in [0.25, 0.3) is 0 Å². The molecule has 2 nitrogen and oxygen atoms in total. The average molecular weight is 299 g/mol. The Morgan fingerprint density at radius 3 is 2.47 bits per heavy atom. The second-order valence-electron chi connectivity index (χ2n) is 5.23. The van der Waals surface area contributed by atoms with Crippen molar-refractivity contribution in [2.45, 2.75) is 51.5 Å². The Morgan fingerprint density at radius 2 is 1.95 bits per heavy atom. The first-order valence-electron chi connectivity index (χ1n) is 6.76. The minimum Gasteiger partial charge on any atom is -0.321 e. The molecule has 0 aliphatic rings. The maximum absolute atomic E-state index is 6.33. The third-order valence-electron chi connectivity index (χ3n) is 4.08. The van der Waals surface area contributed by atoms with Crippen molar-refractivity contribution in [3.05, 3.63) is 29.0 Å². The number of hydrogen-bond donors (Lipinski definition) is 0. The van der Waals surface area contributed by atoms with Crippen LogP contribution in [0.4, 0.5) is 0 Å². The minimum atomic E-state index is -0.138. The number of benzene rings is 1. The van der Waals surface area contributed by atoms with E-state index in [2.05, 4.69) is 36.4 Å². The molecule has 1 aromatic heterocycles. The standard InChI is InChI=1S/C15H20Cl2N2/c1-5-15(4,6-2)19-12-9-7-8-11(17)13(12)18-14(19)10(3)16/h7-10H,5-6H2,1-4H3. The van der Waals surface area contributed by atoms with Crippen LogP contribution in [0.1, 0.15) is 51.7 Å². The summed E-state index contributed by atoms with van der Waals surface area (Å²) in [6.07, 6.45) is 2.05. The summed E-state index contributed by atoms with van der Waals surface area (Å²) in [4.78, 5) is 4.67. The largest absolute Gasteiger partial charge is 0.321 e. The number of alkyl halides is 1. The molecule has 19 heavy (non-hydrogen) atoms. The van der Waals surface area contributed by atoms with Crippen LogP contribution in [-0.4, -0.2) is 9.55 Å². The smallest absolute Gasteiger partial charge is 0.128 e. The van der Waals surface area contributed by atoms with Crippen LogP contribution in [0, 0.1) is 0 Å². The first kappa shape index (κ1) is 14.7. The molecule has 0 saturated carbocycles. The van der Waals surface area contributed by atoms with Crippen molar-refractivity contribution >= 4 is 34.2 Å². The Hall–Kier alpha value is -0.730. The summed E-state index contributed by atoms with van der Waals surface area (Å²) < 4.78 is 2.27. The molecule has 0 spiro atoms. The zero-order chi connectivity index (χ0) is 14.2. The van der Waals surface area contributed by atoms with E-state index in [1.165, 1.54) is 0 Å². The average Bonchev–Trinajstić information content (AvgIpc) is 2.79. The molecule has 1 aromatic carbocycles. The van der Waals surface area contributed by atoms with E-state index in [1.54, 1.807) is 0 Å². The maximum Gasteiger partial charge on any atom is 0.128 e. The molecule has 2 aromatic rings. The van der Waals surface area contributed by atoms with Crippen molar-refractivity contribution in [1.82, 2.24) is 9.55 Å². The van der Waals surface area contributed by atoms with Crippen molar-refractivity contribution in [2.24, 2.45) is 0 Å². The van der Waals surface area contributed by atoms with Crippen molar-refractivity contribution in [1.29, 1.82) is 0 Å². The van der Waals surface area contributed by atoms with Crippen LogP contribution in [0.5, 0.6) is 0 Å². The molecule has 2 rings (SSSR count). The summed E-state index contributed by atoms with van der Waals surface area (Å²) in [5, 5.41) is 0.547. The van der Waals surface area contributed by atoms with Gasteiger partial charge in [0.1, 0.15) is 11.3 Å². The van der Waals surface area contributed by atoms with Crippen LogP contribution in [-0.2, 0) is 5.54 Å². The minimum absolute atomic E-state index is 0.0118. The second-order valence-corrected chi connectivity index (χ2v) is 6.29. The topological polar surface area (TPSA) is 17.8 Å². The first-order chi connectivity index (χ1) is 8.94. The van der Waals surface area contributed by atoms with E-state index in [0.717, 1.165) is 29.7 Å². The van der Waals surface area contributed by atoms with Crippen molar-refractivity contribution in [3.63, 3.8) is 0 Å². The van der Waals surface area contributed by atoms with Gasteiger partial charge in [0.15, 0.2) is 0 Å². The lowest BCUT2D eigenvalue weighted by molar-refractivity contribution is 0.293. The van der Waals surface area contributed by atoms with E-state index < -0.39 is 0 Å².